The average molecular weight is 353 g/mol. The highest BCUT2D eigenvalue weighted by Gasteiger charge is 2.17. The minimum atomic E-state index is -0.279. The molecule has 1 N–H and O–H groups in total. The first-order valence-corrected chi connectivity index (χ1v) is 9.15. The largest absolute Gasteiger partial charge is 0.347 e. The van der Waals surface area contributed by atoms with E-state index in [1.807, 2.05) is 45.0 Å². The molecule has 0 atom stereocenters. The summed E-state index contributed by atoms with van der Waals surface area (Å²) in [4.78, 5) is 31.1. The number of hydrogen-bond donors (Lipinski definition) is 1. The van der Waals surface area contributed by atoms with Crippen LogP contribution in [0.3, 0.4) is 0 Å². The molecule has 0 aliphatic carbocycles. The van der Waals surface area contributed by atoms with Crippen LogP contribution >= 0.6 is 0 Å². The number of nitrogens with one attached hydrogen (secondary N) is 1. The maximum absolute atomic E-state index is 12.6. The number of aromatic nitrogens is 1. The Morgan fingerprint density at radius 2 is 1.65 bits per heavy atom. The van der Waals surface area contributed by atoms with E-state index in [9.17, 15) is 9.59 Å². The smallest absolute Gasteiger partial charge is 0.272 e. The molecule has 5 heteroatoms. The fourth-order valence-electron chi connectivity index (χ4n) is 2.79. The number of aryl methyl sites for hydroxylation is 1. The van der Waals surface area contributed by atoms with E-state index in [4.69, 9.17) is 0 Å². The summed E-state index contributed by atoms with van der Waals surface area (Å²) in [5.74, 6) is -0.402. The van der Waals surface area contributed by atoms with Crippen LogP contribution in [0.25, 0.3) is 0 Å². The summed E-state index contributed by atoms with van der Waals surface area (Å²) in [6, 6.07) is 13.0. The molecule has 0 bridgehead atoms. The summed E-state index contributed by atoms with van der Waals surface area (Å²) in [6.07, 6.45) is 1.78. The second-order valence-electron chi connectivity index (χ2n) is 6.37. The maximum atomic E-state index is 12.6. The van der Waals surface area contributed by atoms with Gasteiger partial charge in [0.25, 0.3) is 11.8 Å². The van der Waals surface area contributed by atoms with Crippen LogP contribution in [0, 0.1) is 6.92 Å². The van der Waals surface area contributed by atoms with Gasteiger partial charge in [0.2, 0.25) is 0 Å². The van der Waals surface area contributed by atoms with Gasteiger partial charge >= 0.3 is 0 Å². The summed E-state index contributed by atoms with van der Waals surface area (Å²) in [6.45, 7) is 7.91. The topological polar surface area (TPSA) is 62.3 Å². The maximum Gasteiger partial charge on any atom is 0.272 e. The molecule has 0 fully saturated rings. The molecule has 5 nitrogen and oxygen atoms in total. The molecule has 0 aliphatic heterocycles. The summed E-state index contributed by atoms with van der Waals surface area (Å²) in [7, 11) is 0. The van der Waals surface area contributed by atoms with Gasteiger partial charge in [-0.1, -0.05) is 49.7 Å². The lowest BCUT2D eigenvalue weighted by Crippen LogP contribution is -2.33. The van der Waals surface area contributed by atoms with Crippen LogP contribution in [-0.2, 0) is 6.54 Å². The van der Waals surface area contributed by atoms with Gasteiger partial charge in [-0.3, -0.25) is 9.59 Å². The van der Waals surface area contributed by atoms with Gasteiger partial charge in [0, 0.05) is 19.6 Å². The third-order valence-electron chi connectivity index (χ3n) is 4.01. The number of benzene rings is 1. The highest BCUT2D eigenvalue weighted by atomic mass is 16.2. The molecule has 1 aromatic carbocycles. The van der Waals surface area contributed by atoms with Crippen molar-refractivity contribution in [3.63, 3.8) is 0 Å². The minimum absolute atomic E-state index is 0.123. The SMILES string of the molecule is CCCN(CCC)C(=O)c1cccc(C(=O)NCc2cccc(C)c2)n1. The molecule has 0 aliphatic rings. The van der Waals surface area contributed by atoms with Crippen molar-refractivity contribution in [1.82, 2.24) is 15.2 Å². The Hall–Kier alpha value is -2.69. The Morgan fingerprint density at radius 1 is 1.00 bits per heavy atom. The average Bonchev–Trinajstić information content (AvgIpc) is 2.65. The fraction of sp³-hybridized carbons (Fsp3) is 0.381. The van der Waals surface area contributed by atoms with Gasteiger partial charge in [-0.2, -0.15) is 0 Å². The van der Waals surface area contributed by atoms with Crippen molar-refractivity contribution < 1.29 is 9.59 Å². The number of pyridine rings is 1. The first-order chi connectivity index (χ1) is 12.5. The molecule has 138 valence electrons. The van der Waals surface area contributed by atoms with Gasteiger partial charge in [0.05, 0.1) is 0 Å². The molecule has 26 heavy (non-hydrogen) atoms. The molecule has 2 amide bonds. The van der Waals surface area contributed by atoms with Crippen LogP contribution in [0.15, 0.2) is 42.5 Å². The van der Waals surface area contributed by atoms with E-state index in [-0.39, 0.29) is 17.5 Å². The molecule has 0 spiro atoms. The fourth-order valence-corrected chi connectivity index (χ4v) is 2.79. The summed E-state index contributed by atoms with van der Waals surface area (Å²) >= 11 is 0. The van der Waals surface area contributed by atoms with Crippen molar-refractivity contribution in [2.75, 3.05) is 13.1 Å². The van der Waals surface area contributed by atoms with Gasteiger partial charge in [-0.15, -0.1) is 0 Å². The monoisotopic (exact) mass is 353 g/mol. The number of carbonyl (C=O) groups is 2. The zero-order valence-corrected chi connectivity index (χ0v) is 15.8. The van der Waals surface area contributed by atoms with E-state index in [1.54, 1.807) is 23.1 Å². The van der Waals surface area contributed by atoms with Crippen molar-refractivity contribution in [1.29, 1.82) is 0 Å². The quantitative estimate of drug-likeness (QED) is 0.789. The first kappa shape index (κ1) is 19.6. The van der Waals surface area contributed by atoms with Crippen LogP contribution < -0.4 is 5.32 Å². The first-order valence-electron chi connectivity index (χ1n) is 9.15. The van der Waals surface area contributed by atoms with Gasteiger partial charge in [0.1, 0.15) is 11.4 Å². The Kier molecular flexibility index (Phi) is 7.33. The Bertz CT molecular complexity index is 752. The van der Waals surface area contributed by atoms with E-state index in [2.05, 4.69) is 10.3 Å². The normalized spacial score (nSPS) is 10.4. The predicted octanol–water partition coefficient (Wildman–Crippen LogP) is 3.58. The van der Waals surface area contributed by atoms with Crippen LogP contribution in [0.1, 0.15) is 58.8 Å². The molecular weight excluding hydrogens is 326 g/mol. The highest BCUT2D eigenvalue weighted by Crippen LogP contribution is 2.07. The summed E-state index contributed by atoms with van der Waals surface area (Å²) < 4.78 is 0. The highest BCUT2D eigenvalue weighted by molar-refractivity contribution is 5.96. The third kappa shape index (κ3) is 5.41. The van der Waals surface area contributed by atoms with E-state index in [0.717, 1.165) is 24.0 Å². The van der Waals surface area contributed by atoms with Gasteiger partial charge in [-0.05, 0) is 37.5 Å². The number of carbonyl (C=O) groups excluding carboxylic acids is 2. The van der Waals surface area contributed by atoms with Crippen molar-refractivity contribution in [3.8, 4) is 0 Å². The lowest BCUT2D eigenvalue weighted by Gasteiger charge is -2.21. The number of hydrogen-bond acceptors (Lipinski definition) is 3. The Morgan fingerprint density at radius 3 is 2.31 bits per heavy atom. The molecular formula is C21H27N3O2. The summed E-state index contributed by atoms with van der Waals surface area (Å²) in [5.41, 5.74) is 2.75. The van der Waals surface area contributed by atoms with E-state index in [0.29, 0.717) is 25.3 Å². The molecule has 1 heterocycles. The lowest BCUT2D eigenvalue weighted by molar-refractivity contribution is 0.0749. The molecule has 2 rings (SSSR count). The van der Waals surface area contributed by atoms with Crippen molar-refractivity contribution in [2.45, 2.75) is 40.2 Å². The van der Waals surface area contributed by atoms with Crippen LogP contribution in [-0.4, -0.2) is 34.8 Å². The molecule has 0 radical (unpaired) electrons. The van der Waals surface area contributed by atoms with Gasteiger partial charge in [-0.25, -0.2) is 4.98 Å². The molecule has 0 unspecified atom stereocenters. The second-order valence-corrected chi connectivity index (χ2v) is 6.37. The third-order valence-corrected chi connectivity index (χ3v) is 4.01. The van der Waals surface area contributed by atoms with Gasteiger partial charge in [0.15, 0.2) is 0 Å². The molecule has 0 saturated carbocycles. The van der Waals surface area contributed by atoms with Crippen LogP contribution in [0.5, 0.6) is 0 Å². The van der Waals surface area contributed by atoms with Crippen molar-refractivity contribution in [3.05, 3.63) is 65.0 Å². The van der Waals surface area contributed by atoms with E-state index < -0.39 is 0 Å². The van der Waals surface area contributed by atoms with E-state index >= 15 is 0 Å². The minimum Gasteiger partial charge on any atom is -0.347 e. The summed E-state index contributed by atoms with van der Waals surface area (Å²) in [5, 5.41) is 2.86. The standard InChI is InChI=1S/C21H27N3O2/c1-4-12-24(13-5-2)21(26)19-11-7-10-18(23-19)20(25)22-15-17-9-6-8-16(3)14-17/h6-11,14H,4-5,12-13,15H2,1-3H3,(H,22,25). The van der Waals surface area contributed by atoms with Gasteiger partial charge < -0.3 is 10.2 Å². The van der Waals surface area contributed by atoms with Crippen molar-refractivity contribution in [2.24, 2.45) is 0 Å². The number of rotatable bonds is 8. The molecule has 1 aromatic heterocycles. The molecule has 2 aromatic rings. The predicted molar refractivity (Wildman–Crippen MR) is 103 cm³/mol. The second kappa shape index (κ2) is 9.70. The molecule has 0 saturated heterocycles. The van der Waals surface area contributed by atoms with E-state index in [1.165, 1.54) is 0 Å². The Balaban J connectivity index is 2.07. The van der Waals surface area contributed by atoms with Crippen LogP contribution in [0.4, 0.5) is 0 Å². The number of nitrogens with zero attached hydrogens (tertiary/aromatic N) is 2. The zero-order chi connectivity index (χ0) is 18.9. The lowest BCUT2D eigenvalue weighted by atomic mass is 10.1. The Labute approximate surface area is 155 Å². The van der Waals surface area contributed by atoms with Crippen molar-refractivity contribution >= 4 is 11.8 Å². The zero-order valence-electron chi connectivity index (χ0n) is 15.8. The van der Waals surface area contributed by atoms with Crippen LogP contribution in [0.2, 0.25) is 0 Å². The number of amides is 2.